The second kappa shape index (κ2) is 20.2. The molecular formula is C84H70BN3O. The molecule has 0 saturated heterocycles. The number of nitrogens with zero attached hydrogens (tertiary/aromatic N) is 3. The van der Waals surface area contributed by atoms with E-state index < -0.39 is 18.2 Å². The monoisotopic (exact) mass is 1150 g/mol. The molecule has 0 bridgehead atoms. The highest BCUT2D eigenvalue weighted by molar-refractivity contribution is 7.00. The Balaban J connectivity index is 1.11. The fourth-order valence-electron chi connectivity index (χ4n) is 14.2. The largest absolute Gasteiger partial charge is 0.456 e. The minimum absolute atomic E-state index is 0.138. The molecule has 0 spiro atoms. The molecule has 4 heterocycles. The van der Waals surface area contributed by atoms with E-state index in [0.717, 1.165) is 139 Å². The van der Waals surface area contributed by atoms with Gasteiger partial charge in [0.2, 0.25) is 0 Å². The van der Waals surface area contributed by atoms with Gasteiger partial charge in [0.15, 0.2) is 0 Å². The normalized spacial score (nSPS) is 13.9. The third-order valence-corrected chi connectivity index (χ3v) is 18.7. The maximum atomic E-state index is 9.50. The molecule has 12 aromatic carbocycles. The zero-order valence-electron chi connectivity index (χ0n) is 56.8. The van der Waals surface area contributed by atoms with Gasteiger partial charge < -0.3 is 18.8 Å². The molecule has 0 radical (unpaired) electrons. The van der Waals surface area contributed by atoms with Gasteiger partial charge in [-0.05, 0) is 149 Å². The van der Waals surface area contributed by atoms with Crippen molar-refractivity contribution in [2.75, 3.05) is 9.80 Å². The summed E-state index contributed by atoms with van der Waals surface area (Å²) in [5.74, 6) is 0. The van der Waals surface area contributed by atoms with Crippen molar-refractivity contribution in [2.24, 2.45) is 0 Å². The summed E-state index contributed by atoms with van der Waals surface area (Å²) >= 11 is 0. The van der Waals surface area contributed by atoms with Crippen molar-refractivity contribution < 1.29 is 11.3 Å². The van der Waals surface area contributed by atoms with Crippen LogP contribution in [-0.2, 0) is 16.2 Å². The fraction of sp³-hybridized carbons (Fsp3) is 0.143. The molecule has 0 saturated carbocycles. The molecule has 89 heavy (non-hydrogen) atoms. The van der Waals surface area contributed by atoms with E-state index in [2.05, 4.69) is 289 Å². The van der Waals surface area contributed by atoms with Crippen LogP contribution < -0.4 is 26.2 Å². The van der Waals surface area contributed by atoms with Crippen LogP contribution in [0.2, 0.25) is 0 Å². The molecule has 430 valence electrons. The van der Waals surface area contributed by atoms with Gasteiger partial charge in [0.25, 0.3) is 6.71 Å². The fourth-order valence-corrected chi connectivity index (χ4v) is 14.2. The number of rotatable bonds is 7. The summed E-state index contributed by atoms with van der Waals surface area (Å²) in [6.45, 7) is 20.3. The molecule has 0 aliphatic carbocycles. The van der Waals surface area contributed by atoms with E-state index in [1.807, 2.05) is 18.2 Å². The highest BCUT2D eigenvalue weighted by Crippen LogP contribution is 2.55. The standard InChI is InChI=1S/C84H70BN3O/c1-82(2,3)59-46-58(47-60(50-59)83(4,5)6)57-39-43-68-72(49-57)87(80-63(54-28-16-11-17-29-54)40-44-70-77(80)65-34-22-24-36-69(65)86(70)62-32-20-13-21-33-62)73-51-61(84(7,8)9)52-74-79(73)85(68)67-42-38-56(53-26-14-10-15-27-53)48-71(67)88(74)81-64(55-30-18-12-19-31-55)41-45-76-78(81)66-35-23-25-37-75(66)89-76/h10-52H,1-9H3/i10D,14D,15D,26D,27D. The Bertz CT molecular complexity index is 5400. The van der Waals surface area contributed by atoms with Crippen molar-refractivity contribution in [3.8, 4) is 50.2 Å². The number of furan rings is 1. The van der Waals surface area contributed by atoms with Crippen LogP contribution in [0.1, 0.15) is 85.9 Å². The van der Waals surface area contributed by atoms with Crippen molar-refractivity contribution in [2.45, 2.75) is 78.6 Å². The van der Waals surface area contributed by atoms with Crippen LogP contribution >= 0.6 is 0 Å². The molecule has 2 aliphatic heterocycles. The molecule has 0 amide bonds. The number of hydrogen-bond acceptors (Lipinski definition) is 3. The minimum Gasteiger partial charge on any atom is -0.456 e. The van der Waals surface area contributed by atoms with E-state index in [4.69, 9.17) is 8.53 Å². The molecule has 16 rings (SSSR count). The predicted molar refractivity (Wildman–Crippen MR) is 380 cm³/mol. The van der Waals surface area contributed by atoms with Crippen molar-refractivity contribution in [1.29, 1.82) is 0 Å². The Morgan fingerprint density at radius 2 is 0.854 bits per heavy atom. The number of benzene rings is 12. The highest BCUT2D eigenvalue weighted by Gasteiger charge is 2.46. The van der Waals surface area contributed by atoms with Crippen LogP contribution in [0.15, 0.2) is 265 Å². The van der Waals surface area contributed by atoms with Gasteiger partial charge in [-0.15, -0.1) is 0 Å². The smallest absolute Gasteiger partial charge is 0.252 e. The lowest BCUT2D eigenvalue weighted by atomic mass is 9.33. The Morgan fingerprint density at radius 1 is 0.360 bits per heavy atom. The average molecular weight is 1150 g/mol. The summed E-state index contributed by atoms with van der Waals surface area (Å²) in [6.07, 6.45) is 0. The molecular weight excluding hydrogens is 1080 g/mol. The molecule has 0 fully saturated rings. The van der Waals surface area contributed by atoms with Crippen LogP contribution in [0.25, 0.3) is 93.9 Å². The Labute approximate surface area is 530 Å². The Hall–Kier alpha value is -10.1. The summed E-state index contributed by atoms with van der Waals surface area (Å²) in [7, 11) is 0. The molecule has 0 N–H and O–H groups in total. The first-order chi connectivity index (χ1) is 45.1. The average Bonchev–Trinajstić information content (AvgIpc) is 0.853. The van der Waals surface area contributed by atoms with Gasteiger partial charge >= 0.3 is 0 Å². The number of anilines is 6. The molecule has 0 atom stereocenters. The van der Waals surface area contributed by atoms with E-state index in [1.165, 1.54) is 11.1 Å². The third-order valence-electron chi connectivity index (χ3n) is 18.7. The first kappa shape index (κ1) is 49.0. The van der Waals surface area contributed by atoms with E-state index in [9.17, 15) is 2.74 Å². The lowest BCUT2D eigenvalue weighted by molar-refractivity contribution is 0.569. The van der Waals surface area contributed by atoms with Crippen molar-refractivity contribution in [1.82, 2.24) is 4.57 Å². The number of fused-ring (bicyclic) bond motifs is 10. The second-order valence-electron chi connectivity index (χ2n) is 27.3. The van der Waals surface area contributed by atoms with E-state index in [-0.39, 0.29) is 40.6 Å². The third kappa shape index (κ3) is 8.80. The molecule has 2 aliphatic rings. The van der Waals surface area contributed by atoms with Crippen LogP contribution in [0.5, 0.6) is 0 Å². The van der Waals surface area contributed by atoms with Crippen LogP contribution in [-0.4, -0.2) is 11.3 Å². The minimum atomic E-state index is -0.432. The van der Waals surface area contributed by atoms with Gasteiger partial charge in [0.05, 0.1) is 34.6 Å². The van der Waals surface area contributed by atoms with Crippen molar-refractivity contribution in [3.05, 3.63) is 277 Å². The zero-order chi connectivity index (χ0) is 65.0. The van der Waals surface area contributed by atoms with Gasteiger partial charge in [0, 0.05) is 55.7 Å². The zero-order valence-corrected chi connectivity index (χ0v) is 51.8. The van der Waals surface area contributed by atoms with Gasteiger partial charge in [-0.25, -0.2) is 0 Å². The first-order valence-electron chi connectivity index (χ1n) is 33.6. The van der Waals surface area contributed by atoms with Crippen molar-refractivity contribution >= 4 is 101 Å². The molecule has 4 nitrogen and oxygen atoms in total. The molecule has 2 aromatic heterocycles. The first-order valence-corrected chi connectivity index (χ1v) is 31.1. The highest BCUT2D eigenvalue weighted by atomic mass is 16.3. The van der Waals surface area contributed by atoms with Crippen LogP contribution in [0.3, 0.4) is 0 Å². The van der Waals surface area contributed by atoms with Crippen LogP contribution in [0, 0.1) is 0 Å². The summed E-state index contributed by atoms with van der Waals surface area (Å²) in [4.78, 5) is 5.07. The Kier molecular flexibility index (Phi) is 11.1. The number of para-hydroxylation sites is 3. The van der Waals surface area contributed by atoms with Gasteiger partial charge in [-0.3, -0.25) is 0 Å². The van der Waals surface area contributed by atoms with E-state index in [1.54, 1.807) is 0 Å². The summed E-state index contributed by atoms with van der Waals surface area (Å²) in [5, 5.41) is 4.13. The van der Waals surface area contributed by atoms with Gasteiger partial charge in [-0.1, -0.05) is 256 Å². The summed E-state index contributed by atoms with van der Waals surface area (Å²) < 4.78 is 55.0. The van der Waals surface area contributed by atoms with Gasteiger partial charge in [-0.2, -0.15) is 0 Å². The van der Waals surface area contributed by atoms with E-state index in [0.29, 0.717) is 5.56 Å². The van der Waals surface area contributed by atoms with E-state index >= 15 is 0 Å². The van der Waals surface area contributed by atoms with Crippen LogP contribution in [0.4, 0.5) is 34.1 Å². The molecule has 14 aromatic rings. The lowest BCUT2D eigenvalue weighted by Gasteiger charge is -2.46. The number of aromatic nitrogens is 1. The number of hydrogen-bond donors (Lipinski definition) is 0. The summed E-state index contributed by atoms with van der Waals surface area (Å²) in [5.41, 5.74) is 23.7. The Morgan fingerprint density at radius 3 is 1.44 bits per heavy atom. The maximum Gasteiger partial charge on any atom is 0.252 e. The lowest BCUT2D eigenvalue weighted by Crippen LogP contribution is -2.61. The predicted octanol–water partition coefficient (Wildman–Crippen LogP) is 21.3. The molecule has 0 unspecified atom stereocenters. The summed E-state index contributed by atoms with van der Waals surface area (Å²) in [6, 6.07) is 82.0. The maximum absolute atomic E-state index is 9.50. The second-order valence-corrected chi connectivity index (χ2v) is 27.3. The molecule has 5 heteroatoms. The topological polar surface area (TPSA) is 24.6 Å². The SMILES string of the molecule is [2H]c1c([2H])c([2H])c(-c2ccc3c(c2)N(c2c(-c4ccccc4)ccc4oc5ccccc5c24)c2cc(C(C)(C)C)cc4c2B3c2ccc(-c3cc(C(C)(C)C)cc(C(C)(C)C)c3)cc2N4c2c(-c3ccccc3)ccc3c2c2ccccc2n3-c2ccccc2)c([2H])c1[2H]. The van der Waals surface area contributed by atoms with Gasteiger partial charge in [0.1, 0.15) is 11.2 Å². The quantitative estimate of drug-likeness (QED) is 0.149. The van der Waals surface area contributed by atoms with Crippen molar-refractivity contribution in [3.63, 3.8) is 0 Å².